The summed E-state index contributed by atoms with van der Waals surface area (Å²) in [6.07, 6.45) is 3.69. The van der Waals surface area contributed by atoms with Crippen LogP contribution in [0.15, 0.2) is 42.0 Å². The molecular formula is C23H34N4O. The summed E-state index contributed by atoms with van der Waals surface area (Å²) >= 11 is 0. The van der Waals surface area contributed by atoms with Crippen LogP contribution >= 0.6 is 0 Å². The third-order valence-electron chi connectivity index (χ3n) is 5.70. The minimum Gasteiger partial charge on any atom is -0.334 e. The predicted octanol–water partition coefficient (Wildman–Crippen LogP) is 3.46. The van der Waals surface area contributed by atoms with E-state index < -0.39 is 0 Å². The lowest BCUT2D eigenvalue weighted by atomic mass is 9.96. The van der Waals surface area contributed by atoms with Crippen molar-refractivity contribution in [1.82, 2.24) is 14.7 Å². The van der Waals surface area contributed by atoms with Gasteiger partial charge in [0.1, 0.15) is 11.6 Å². The molecule has 1 aliphatic heterocycles. The fraction of sp³-hybridized carbons (Fsp3) is 0.565. The van der Waals surface area contributed by atoms with Crippen molar-refractivity contribution in [1.29, 1.82) is 5.26 Å². The van der Waals surface area contributed by atoms with E-state index in [1.165, 1.54) is 0 Å². The van der Waals surface area contributed by atoms with Crippen molar-refractivity contribution in [3.05, 3.63) is 47.5 Å². The van der Waals surface area contributed by atoms with Crippen LogP contribution in [0.1, 0.15) is 45.2 Å². The number of carbonyl (C=O) groups excluding carboxylic acids is 1. The molecule has 1 saturated heterocycles. The minimum atomic E-state index is -0.337. The standard InChI is InChI=1S/C23H34N4O/c1-6-10-21(19-11-8-7-9-12-19)26(5)22(28)20(18-24)17-23(2,3)27-15-13-25(4)14-16-27/h7-9,11-12,17,21H,6,10,13-16H2,1-5H3. The van der Waals surface area contributed by atoms with Gasteiger partial charge in [-0.05, 0) is 39.0 Å². The zero-order chi connectivity index (χ0) is 20.7. The second kappa shape index (κ2) is 9.86. The van der Waals surface area contributed by atoms with Gasteiger partial charge in [-0.1, -0.05) is 43.7 Å². The molecule has 0 aromatic heterocycles. The van der Waals surface area contributed by atoms with Gasteiger partial charge in [0.25, 0.3) is 5.91 Å². The molecule has 1 atom stereocenters. The first-order valence-electron chi connectivity index (χ1n) is 10.2. The van der Waals surface area contributed by atoms with E-state index in [0.717, 1.165) is 44.6 Å². The van der Waals surface area contributed by atoms with E-state index in [2.05, 4.69) is 43.7 Å². The highest BCUT2D eigenvalue weighted by molar-refractivity contribution is 5.97. The van der Waals surface area contributed by atoms with E-state index in [1.54, 1.807) is 4.90 Å². The molecule has 0 saturated carbocycles. The van der Waals surface area contributed by atoms with E-state index in [4.69, 9.17) is 0 Å². The summed E-state index contributed by atoms with van der Waals surface area (Å²) in [4.78, 5) is 19.6. The second-order valence-corrected chi connectivity index (χ2v) is 8.25. The number of nitrogens with zero attached hydrogens (tertiary/aromatic N) is 4. The van der Waals surface area contributed by atoms with Crippen molar-refractivity contribution in [2.24, 2.45) is 0 Å². The van der Waals surface area contributed by atoms with Crippen molar-refractivity contribution in [2.75, 3.05) is 40.3 Å². The Bertz CT molecular complexity index is 712. The number of hydrogen-bond acceptors (Lipinski definition) is 4. The molecule has 1 aromatic rings. The average Bonchev–Trinajstić information content (AvgIpc) is 2.70. The SMILES string of the molecule is CCCC(c1ccccc1)N(C)C(=O)C(C#N)=CC(C)(C)N1CCN(C)CC1. The molecule has 0 aliphatic carbocycles. The van der Waals surface area contributed by atoms with Crippen LogP contribution in [0.25, 0.3) is 0 Å². The number of benzene rings is 1. The molecular weight excluding hydrogens is 348 g/mol. The Balaban J connectivity index is 2.22. The molecule has 152 valence electrons. The molecule has 28 heavy (non-hydrogen) atoms. The number of nitriles is 1. The van der Waals surface area contributed by atoms with Crippen LogP contribution in [-0.4, -0.2) is 66.4 Å². The van der Waals surface area contributed by atoms with Crippen molar-refractivity contribution in [2.45, 2.75) is 45.2 Å². The third-order valence-corrected chi connectivity index (χ3v) is 5.70. The maximum Gasteiger partial charge on any atom is 0.264 e. The Morgan fingerprint density at radius 1 is 1.25 bits per heavy atom. The predicted molar refractivity (Wildman–Crippen MR) is 114 cm³/mol. The summed E-state index contributed by atoms with van der Waals surface area (Å²) in [5.74, 6) is -0.202. The van der Waals surface area contributed by atoms with Crippen molar-refractivity contribution in [3.8, 4) is 6.07 Å². The first kappa shape index (κ1) is 22.1. The summed E-state index contributed by atoms with van der Waals surface area (Å²) in [5, 5.41) is 9.74. The van der Waals surface area contributed by atoms with Gasteiger partial charge in [0, 0.05) is 38.8 Å². The largest absolute Gasteiger partial charge is 0.334 e. The van der Waals surface area contributed by atoms with Crippen LogP contribution in [0, 0.1) is 11.3 Å². The van der Waals surface area contributed by atoms with Gasteiger partial charge >= 0.3 is 0 Å². The van der Waals surface area contributed by atoms with Gasteiger partial charge in [0.15, 0.2) is 0 Å². The second-order valence-electron chi connectivity index (χ2n) is 8.25. The highest BCUT2D eigenvalue weighted by Gasteiger charge is 2.30. The van der Waals surface area contributed by atoms with Crippen molar-refractivity contribution >= 4 is 5.91 Å². The normalized spacial score (nSPS) is 17.8. The first-order valence-corrected chi connectivity index (χ1v) is 10.2. The Hall–Kier alpha value is -2.16. The zero-order valence-electron chi connectivity index (χ0n) is 18.0. The Morgan fingerprint density at radius 2 is 1.86 bits per heavy atom. The fourth-order valence-corrected chi connectivity index (χ4v) is 3.83. The van der Waals surface area contributed by atoms with Gasteiger partial charge < -0.3 is 9.80 Å². The summed E-state index contributed by atoms with van der Waals surface area (Å²) in [6, 6.07) is 12.2. The summed E-state index contributed by atoms with van der Waals surface area (Å²) < 4.78 is 0. The maximum atomic E-state index is 13.2. The Morgan fingerprint density at radius 3 is 2.39 bits per heavy atom. The Labute approximate surface area is 170 Å². The van der Waals surface area contributed by atoms with E-state index in [-0.39, 0.29) is 23.1 Å². The smallest absolute Gasteiger partial charge is 0.264 e. The zero-order valence-corrected chi connectivity index (χ0v) is 18.0. The number of hydrogen-bond donors (Lipinski definition) is 0. The molecule has 1 amide bonds. The van der Waals surface area contributed by atoms with Gasteiger partial charge in [-0.25, -0.2) is 0 Å². The number of amides is 1. The summed E-state index contributed by atoms with van der Waals surface area (Å²) in [5.41, 5.74) is 0.995. The van der Waals surface area contributed by atoms with Crippen molar-refractivity contribution < 1.29 is 4.79 Å². The monoisotopic (exact) mass is 382 g/mol. The van der Waals surface area contributed by atoms with E-state index in [9.17, 15) is 10.1 Å². The topological polar surface area (TPSA) is 50.6 Å². The molecule has 0 bridgehead atoms. The van der Waals surface area contributed by atoms with E-state index in [0.29, 0.717) is 0 Å². The minimum absolute atomic E-state index is 0.0257. The molecule has 1 unspecified atom stereocenters. The first-order chi connectivity index (χ1) is 13.3. The number of piperazine rings is 1. The molecule has 0 spiro atoms. The summed E-state index contributed by atoms with van der Waals surface area (Å²) in [6.45, 7) is 10.2. The average molecular weight is 383 g/mol. The summed E-state index contributed by atoms with van der Waals surface area (Å²) in [7, 11) is 3.93. The van der Waals surface area contributed by atoms with Gasteiger partial charge in [0.2, 0.25) is 0 Å². The number of rotatable bonds is 7. The highest BCUT2D eigenvalue weighted by Crippen LogP contribution is 2.27. The molecule has 1 fully saturated rings. The van der Waals surface area contributed by atoms with Crippen LogP contribution < -0.4 is 0 Å². The van der Waals surface area contributed by atoms with Crippen LogP contribution in [0.2, 0.25) is 0 Å². The van der Waals surface area contributed by atoms with Gasteiger partial charge in [-0.15, -0.1) is 0 Å². The van der Waals surface area contributed by atoms with Crippen LogP contribution in [-0.2, 0) is 4.79 Å². The van der Waals surface area contributed by atoms with Gasteiger partial charge in [0.05, 0.1) is 6.04 Å². The lowest BCUT2D eigenvalue weighted by molar-refractivity contribution is -0.127. The molecule has 0 radical (unpaired) electrons. The van der Waals surface area contributed by atoms with Gasteiger partial charge in [-0.2, -0.15) is 5.26 Å². The van der Waals surface area contributed by atoms with Crippen LogP contribution in [0.5, 0.6) is 0 Å². The number of likely N-dealkylation sites (N-methyl/N-ethyl adjacent to an activating group) is 2. The molecule has 0 N–H and O–H groups in total. The lowest BCUT2D eigenvalue weighted by Gasteiger charge is -2.42. The lowest BCUT2D eigenvalue weighted by Crippen LogP contribution is -2.53. The van der Waals surface area contributed by atoms with Gasteiger partial charge in [-0.3, -0.25) is 9.69 Å². The molecule has 2 rings (SSSR count). The molecule has 5 nitrogen and oxygen atoms in total. The van der Waals surface area contributed by atoms with Crippen molar-refractivity contribution in [3.63, 3.8) is 0 Å². The Kier molecular flexibility index (Phi) is 7.79. The van der Waals surface area contributed by atoms with E-state index in [1.807, 2.05) is 43.5 Å². The fourth-order valence-electron chi connectivity index (χ4n) is 3.83. The van der Waals surface area contributed by atoms with Crippen LogP contribution in [0.4, 0.5) is 0 Å². The highest BCUT2D eigenvalue weighted by atomic mass is 16.2. The van der Waals surface area contributed by atoms with E-state index >= 15 is 0 Å². The molecule has 1 aliphatic rings. The molecule has 1 aromatic carbocycles. The molecule has 1 heterocycles. The third kappa shape index (κ3) is 5.43. The molecule has 5 heteroatoms. The number of carbonyl (C=O) groups is 1. The van der Waals surface area contributed by atoms with Crippen LogP contribution in [0.3, 0.4) is 0 Å². The quantitative estimate of drug-likeness (QED) is 0.535. The maximum absolute atomic E-state index is 13.2.